The second-order valence-corrected chi connectivity index (χ2v) is 9.27. The van der Waals surface area contributed by atoms with Gasteiger partial charge in [-0.3, -0.25) is 19.5 Å². The zero-order valence-corrected chi connectivity index (χ0v) is 21.5. The molecule has 11 heteroatoms. The highest BCUT2D eigenvalue weighted by Gasteiger charge is 2.34. The number of nitrogens with zero attached hydrogens (tertiary/aromatic N) is 3. The zero-order valence-electron chi connectivity index (χ0n) is 20.7. The Balaban J connectivity index is 1.96. The third-order valence-electron chi connectivity index (χ3n) is 5.84. The van der Waals surface area contributed by atoms with Gasteiger partial charge in [-0.2, -0.15) is 0 Å². The number of thiazole rings is 1. The van der Waals surface area contributed by atoms with E-state index in [1.807, 2.05) is 0 Å². The minimum Gasteiger partial charge on any atom is -0.504 e. The number of nitro groups is 1. The van der Waals surface area contributed by atoms with Crippen LogP contribution in [0.4, 0.5) is 5.69 Å². The van der Waals surface area contributed by atoms with E-state index in [0.717, 1.165) is 11.3 Å². The average molecular weight is 524 g/mol. The summed E-state index contributed by atoms with van der Waals surface area (Å²) in [7, 11) is 0. The summed E-state index contributed by atoms with van der Waals surface area (Å²) in [4.78, 5) is 42.7. The Bertz CT molecular complexity index is 1620. The summed E-state index contributed by atoms with van der Waals surface area (Å²) in [5.41, 5.74) is 1.44. The molecule has 2 heterocycles. The van der Waals surface area contributed by atoms with Crippen molar-refractivity contribution < 1.29 is 24.3 Å². The number of fused-ring (bicyclic) bond motifs is 1. The monoisotopic (exact) mass is 523 g/mol. The number of esters is 1. The number of allylic oxidation sites excluding steroid dienone is 1. The zero-order chi connectivity index (χ0) is 26.9. The molecule has 3 aromatic rings. The van der Waals surface area contributed by atoms with Crippen molar-refractivity contribution >= 4 is 29.1 Å². The maximum absolute atomic E-state index is 13.7. The lowest BCUT2D eigenvalue weighted by Gasteiger charge is -2.24. The number of hydrogen-bond donors (Lipinski definition) is 1. The molecule has 192 valence electrons. The lowest BCUT2D eigenvalue weighted by atomic mass is 9.94. The topological polar surface area (TPSA) is 133 Å². The number of aromatic hydroxyl groups is 1. The van der Waals surface area contributed by atoms with Gasteiger partial charge < -0.3 is 14.6 Å². The normalized spacial score (nSPS) is 15.2. The molecule has 37 heavy (non-hydrogen) atoms. The Morgan fingerprint density at radius 3 is 2.65 bits per heavy atom. The van der Waals surface area contributed by atoms with Gasteiger partial charge in [-0.1, -0.05) is 29.5 Å². The molecule has 10 nitrogen and oxygen atoms in total. The first-order chi connectivity index (χ1) is 17.7. The van der Waals surface area contributed by atoms with E-state index in [-0.39, 0.29) is 29.4 Å². The number of nitro benzene ring substituents is 1. The molecule has 0 aliphatic carbocycles. The number of rotatable bonds is 7. The van der Waals surface area contributed by atoms with E-state index in [1.54, 1.807) is 58.0 Å². The van der Waals surface area contributed by atoms with Gasteiger partial charge >= 0.3 is 5.97 Å². The smallest absolute Gasteiger partial charge is 0.338 e. The predicted molar refractivity (Wildman–Crippen MR) is 138 cm³/mol. The van der Waals surface area contributed by atoms with Crippen LogP contribution >= 0.6 is 11.3 Å². The number of ether oxygens (including phenoxy) is 2. The first kappa shape index (κ1) is 25.8. The van der Waals surface area contributed by atoms with Crippen LogP contribution in [0.25, 0.3) is 6.08 Å². The highest BCUT2D eigenvalue weighted by molar-refractivity contribution is 7.07. The Morgan fingerprint density at radius 2 is 1.97 bits per heavy atom. The van der Waals surface area contributed by atoms with E-state index in [2.05, 4.69) is 4.99 Å². The molecule has 0 amide bonds. The molecule has 1 aromatic heterocycles. The lowest BCUT2D eigenvalue weighted by molar-refractivity contribution is -0.385. The average Bonchev–Trinajstić information content (AvgIpc) is 3.15. The van der Waals surface area contributed by atoms with Crippen LogP contribution in [0.15, 0.2) is 57.5 Å². The summed E-state index contributed by atoms with van der Waals surface area (Å²) in [5.74, 6) is -0.378. The summed E-state index contributed by atoms with van der Waals surface area (Å²) in [6.07, 6.45) is 1.64. The summed E-state index contributed by atoms with van der Waals surface area (Å²) in [6, 6.07) is 8.41. The van der Waals surface area contributed by atoms with E-state index in [9.17, 15) is 24.8 Å². The Labute approximate surface area is 215 Å². The molecule has 0 bridgehead atoms. The van der Waals surface area contributed by atoms with Crippen LogP contribution in [0.5, 0.6) is 11.5 Å². The van der Waals surface area contributed by atoms with Crippen molar-refractivity contribution in [3.05, 3.63) is 94.2 Å². The third kappa shape index (κ3) is 4.90. The molecule has 0 saturated heterocycles. The molecule has 4 rings (SSSR count). The molecule has 0 radical (unpaired) electrons. The minimum absolute atomic E-state index is 0.0175. The quantitative estimate of drug-likeness (QED) is 0.286. The largest absolute Gasteiger partial charge is 0.504 e. The van der Waals surface area contributed by atoms with Crippen LogP contribution in [0, 0.1) is 17.0 Å². The van der Waals surface area contributed by atoms with Crippen LogP contribution < -0.4 is 19.6 Å². The molecule has 0 spiro atoms. The second-order valence-electron chi connectivity index (χ2n) is 8.27. The van der Waals surface area contributed by atoms with Crippen molar-refractivity contribution in [1.82, 2.24) is 4.57 Å². The van der Waals surface area contributed by atoms with Crippen molar-refractivity contribution in [3.63, 3.8) is 0 Å². The molecule has 0 fully saturated rings. The first-order valence-electron chi connectivity index (χ1n) is 11.6. The molecule has 1 aliphatic rings. The summed E-state index contributed by atoms with van der Waals surface area (Å²) >= 11 is 1.13. The van der Waals surface area contributed by atoms with Gasteiger partial charge in [-0.25, -0.2) is 9.79 Å². The van der Waals surface area contributed by atoms with Gasteiger partial charge in [0.1, 0.15) is 0 Å². The van der Waals surface area contributed by atoms with Crippen molar-refractivity contribution in [2.75, 3.05) is 13.2 Å². The highest BCUT2D eigenvalue weighted by Crippen LogP contribution is 2.33. The van der Waals surface area contributed by atoms with Gasteiger partial charge in [0.2, 0.25) is 0 Å². The third-order valence-corrected chi connectivity index (χ3v) is 6.83. The van der Waals surface area contributed by atoms with Gasteiger partial charge in [0, 0.05) is 11.6 Å². The van der Waals surface area contributed by atoms with Crippen molar-refractivity contribution in [2.45, 2.75) is 33.7 Å². The number of hydrogen-bond acceptors (Lipinski definition) is 9. The van der Waals surface area contributed by atoms with Gasteiger partial charge in [-0.15, -0.1) is 0 Å². The Hall–Kier alpha value is -4.25. The second kappa shape index (κ2) is 10.4. The van der Waals surface area contributed by atoms with Crippen LogP contribution in [0.2, 0.25) is 0 Å². The molecule has 1 N–H and O–H groups in total. The Kier molecular flexibility index (Phi) is 7.25. The minimum atomic E-state index is -0.962. The SMILES string of the molecule is CCOC(=O)C1=C(C)N=c2s/c(=C/c3ccc(O)c(OCC)c3)c(=O)n2[C@@H]1c1ccc(C)c([N+](=O)[O-])c1. The van der Waals surface area contributed by atoms with Gasteiger partial charge in [-0.05, 0) is 57.0 Å². The molecule has 0 unspecified atom stereocenters. The Morgan fingerprint density at radius 1 is 1.22 bits per heavy atom. The summed E-state index contributed by atoms with van der Waals surface area (Å²) < 4.78 is 12.4. The number of aromatic nitrogens is 1. The van der Waals surface area contributed by atoms with E-state index >= 15 is 0 Å². The fourth-order valence-corrected chi connectivity index (χ4v) is 5.19. The molecule has 1 aliphatic heterocycles. The number of phenols is 1. The lowest BCUT2D eigenvalue weighted by Crippen LogP contribution is -2.40. The van der Waals surface area contributed by atoms with E-state index in [1.165, 1.54) is 16.7 Å². The van der Waals surface area contributed by atoms with Crippen molar-refractivity contribution in [1.29, 1.82) is 0 Å². The molecule has 0 saturated carbocycles. The highest BCUT2D eigenvalue weighted by atomic mass is 32.1. The predicted octanol–water partition coefficient (Wildman–Crippen LogP) is 3.12. The summed E-state index contributed by atoms with van der Waals surface area (Å²) in [5, 5.41) is 21.6. The number of aryl methyl sites for hydroxylation is 1. The number of carbonyl (C=O) groups is 1. The van der Waals surface area contributed by atoms with Crippen LogP contribution in [0.3, 0.4) is 0 Å². The molecular formula is C26H25N3O7S. The van der Waals surface area contributed by atoms with E-state index < -0.39 is 22.5 Å². The maximum Gasteiger partial charge on any atom is 0.338 e. The number of benzene rings is 2. The fraction of sp³-hybridized carbons (Fsp3) is 0.269. The van der Waals surface area contributed by atoms with Gasteiger partial charge in [0.25, 0.3) is 11.2 Å². The van der Waals surface area contributed by atoms with Crippen LogP contribution in [-0.4, -0.2) is 33.8 Å². The van der Waals surface area contributed by atoms with Gasteiger partial charge in [0.15, 0.2) is 16.3 Å². The van der Waals surface area contributed by atoms with Crippen molar-refractivity contribution in [2.24, 2.45) is 4.99 Å². The maximum atomic E-state index is 13.7. The number of carbonyl (C=O) groups excluding carboxylic acids is 1. The summed E-state index contributed by atoms with van der Waals surface area (Å²) in [6.45, 7) is 7.20. The fourth-order valence-electron chi connectivity index (χ4n) is 4.14. The van der Waals surface area contributed by atoms with Gasteiger partial charge in [0.05, 0.1) is 40.0 Å². The standard InChI is InChI=1S/C26H25N3O7S/c1-5-35-20-11-16(8-10-19(20)30)12-21-24(31)28-23(17-9-7-14(3)18(13-17)29(33)34)22(25(32)36-6-2)15(4)27-26(28)37-21/h7-13,23,30H,5-6H2,1-4H3/b21-12+/t23-/m1/s1. The van der Waals surface area contributed by atoms with Crippen molar-refractivity contribution in [3.8, 4) is 11.5 Å². The molecule has 2 aromatic carbocycles. The molecular weight excluding hydrogens is 498 g/mol. The van der Waals surface area contributed by atoms with E-state index in [4.69, 9.17) is 9.47 Å². The molecule has 1 atom stereocenters. The van der Waals surface area contributed by atoms with Crippen LogP contribution in [0.1, 0.15) is 43.5 Å². The number of phenolic OH excluding ortho intramolecular Hbond substituents is 1. The first-order valence-corrected chi connectivity index (χ1v) is 12.4. The van der Waals surface area contributed by atoms with E-state index in [0.29, 0.717) is 38.3 Å². The van der Waals surface area contributed by atoms with Crippen LogP contribution in [-0.2, 0) is 9.53 Å².